The normalized spacial score (nSPS) is 16.1. The fourth-order valence-electron chi connectivity index (χ4n) is 2.19. The Kier molecular flexibility index (Phi) is 4.13. The summed E-state index contributed by atoms with van der Waals surface area (Å²) in [5.74, 6) is -1.98. The van der Waals surface area contributed by atoms with E-state index in [4.69, 9.17) is 0 Å². The molecule has 0 saturated heterocycles. The van der Waals surface area contributed by atoms with E-state index in [0.29, 0.717) is 0 Å². The monoisotopic (exact) mass is 271 g/mol. The maximum absolute atomic E-state index is 11.9. The lowest BCUT2D eigenvalue weighted by Crippen LogP contribution is -2.23. The van der Waals surface area contributed by atoms with E-state index in [1.54, 1.807) is 6.08 Å². The molecular weight excluding hydrogens is 254 g/mol. The Bertz CT molecular complexity index is 554. The van der Waals surface area contributed by atoms with Gasteiger partial charge in [-0.05, 0) is 23.8 Å². The lowest BCUT2D eigenvalue weighted by atomic mass is 9.99. The molecule has 0 amide bonds. The molecule has 1 aromatic carbocycles. The van der Waals surface area contributed by atoms with Gasteiger partial charge in [0, 0.05) is 32.6 Å². The van der Waals surface area contributed by atoms with E-state index < -0.39 is 11.7 Å². The van der Waals surface area contributed by atoms with Gasteiger partial charge in [0.05, 0.1) is 0 Å². The topological polar surface area (TPSA) is 54.5 Å². The van der Waals surface area contributed by atoms with Crippen molar-refractivity contribution in [2.24, 2.45) is 5.92 Å². The predicted molar refractivity (Wildman–Crippen MR) is 77.5 cm³/mol. The van der Waals surface area contributed by atoms with Gasteiger partial charge in [-0.25, -0.2) is 0 Å². The van der Waals surface area contributed by atoms with Crippen LogP contribution in [0.5, 0.6) is 0 Å². The smallest absolute Gasteiger partial charge is 0.173 e. The Labute approximate surface area is 118 Å². The number of carbonyl (C=O) groups is 3. The van der Waals surface area contributed by atoms with Crippen LogP contribution in [0.4, 0.5) is 5.69 Å². The van der Waals surface area contributed by atoms with Crippen LogP contribution in [-0.2, 0) is 14.4 Å². The fraction of sp³-hybridized carbons (Fsp3) is 0.312. The molecule has 1 aliphatic carbocycles. The average Bonchev–Trinajstić information content (AvgIpc) is 2.76. The summed E-state index contributed by atoms with van der Waals surface area (Å²) in [5, 5.41) is 0. The van der Waals surface area contributed by atoms with Gasteiger partial charge >= 0.3 is 0 Å². The quantitative estimate of drug-likeness (QED) is 0.620. The lowest BCUT2D eigenvalue weighted by molar-refractivity contribution is -0.133. The third-order valence-electron chi connectivity index (χ3n) is 3.40. The minimum absolute atomic E-state index is 0.195. The molecule has 0 atom stereocenters. The first-order valence-electron chi connectivity index (χ1n) is 6.54. The van der Waals surface area contributed by atoms with Gasteiger partial charge in [0.25, 0.3) is 0 Å². The zero-order chi connectivity index (χ0) is 14.7. The van der Waals surface area contributed by atoms with Crippen LogP contribution in [0.25, 0.3) is 6.08 Å². The molecule has 1 aromatic rings. The summed E-state index contributed by atoms with van der Waals surface area (Å²) in [5.41, 5.74) is 1.93. The minimum atomic E-state index is -1.06. The second kappa shape index (κ2) is 5.82. The number of carbonyl (C=O) groups excluding carboxylic acids is 3. The number of hydrogen-bond acceptors (Lipinski definition) is 4. The van der Waals surface area contributed by atoms with E-state index >= 15 is 0 Å². The van der Waals surface area contributed by atoms with Gasteiger partial charge in [0.2, 0.25) is 0 Å². The van der Waals surface area contributed by atoms with Crippen molar-refractivity contribution in [2.75, 3.05) is 19.0 Å². The first-order chi connectivity index (χ1) is 9.49. The molecule has 1 fully saturated rings. The second-order valence-electron chi connectivity index (χ2n) is 5.09. The Morgan fingerprint density at radius 2 is 1.65 bits per heavy atom. The Morgan fingerprint density at radius 1 is 1.10 bits per heavy atom. The van der Waals surface area contributed by atoms with Crippen LogP contribution in [0.15, 0.2) is 30.3 Å². The Balaban J connectivity index is 2.07. The van der Waals surface area contributed by atoms with Crippen LogP contribution in [0.3, 0.4) is 0 Å². The van der Waals surface area contributed by atoms with Gasteiger partial charge in [-0.1, -0.05) is 18.2 Å². The first kappa shape index (κ1) is 14.2. The molecule has 0 unspecified atom stereocenters. The molecule has 0 aliphatic heterocycles. The van der Waals surface area contributed by atoms with E-state index in [2.05, 4.69) is 0 Å². The molecule has 0 bridgehead atoms. The van der Waals surface area contributed by atoms with Crippen LogP contribution in [0.2, 0.25) is 0 Å². The number of ketones is 3. The molecule has 1 aliphatic rings. The number of hydrogen-bond donors (Lipinski definition) is 0. The molecule has 2 rings (SSSR count). The molecule has 0 N–H and O–H groups in total. The summed E-state index contributed by atoms with van der Waals surface area (Å²) in [6, 6.07) is 7.65. The van der Waals surface area contributed by atoms with Gasteiger partial charge < -0.3 is 4.90 Å². The van der Waals surface area contributed by atoms with Gasteiger partial charge in [-0.15, -0.1) is 0 Å². The molecular formula is C16H17NO3. The largest absolute Gasteiger partial charge is 0.378 e. The maximum atomic E-state index is 11.9. The van der Waals surface area contributed by atoms with Crippen molar-refractivity contribution >= 4 is 29.1 Å². The number of benzene rings is 1. The Morgan fingerprint density at radius 3 is 2.15 bits per heavy atom. The van der Waals surface area contributed by atoms with E-state index in [1.807, 2.05) is 43.3 Å². The van der Waals surface area contributed by atoms with Crippen LogP contribution >= 0.6 is 0 Å². The van der Waals surface area contributed by atoms with Crippen molar-refractivity contribution in [2.45, 2.75) is 12.8 Å². The van der Waals surface area contributed by atoms with E-state index in [1.165, 1.54) is 6.08 Å². The van der Waals surface area contributed by atoms with Crippen molar-refractivity contribution in [3.8, 4) is 0 Å². The van der Waals surface area contributed by atoms with Gasteiger partial charge in [-0.3, -0.25) is 14.4 Å². The summed E-state index contributed by atoms with van der Waals surface area (Å²) in [6.07, 6.45) is 3.36. The van der Waals surface area contributed by atoms with E-state index in [-0.39, 0.29) is 24.4 Å². The highest BCUT2D eigenvalue weighted by Crippen LogP contribution is 2.20. The highest BCUT2D eigenvalue weighted by atomic mass is 16.2. The van der Waals surface area contributed by atoms with Crippen molar-refractivity contribution in [1.82, 2.24) is 0 Å². The molecule has 0 aromatic heterocycles. The Hall–Kier alpha value is -2.23. The van der Waals surface area contributed by atoms with Gasteiger partial charge in [0.1, 0.15) is 5.92 Å². The summed E-state index contributed by atoms with van der Waals surface area (Å²) >= 11 is 0. The average molecular weight is 271 g/mol. The van der Waals surface area contributed by atoms with Crippen LogP contribution in [0.1, 0.15) is 18.4 Å². The molecule has 4 nitrogen and oxygen atoms in total. The van der Waals surface area contributed by atoms with Crippen molar-refractivity contribution in [3.05, 3.63) is 35.9 Å². The van der Waals surface area contributed by atoms with Gasteiger partial charge in [-0.2, -0.15) is 0 Å². The highest BCUT2D eigenvalue weighted by Gasteiger charge is 2.37. The zero-order valence-corrected chi connectivity index (χ0v) is 11.6. The van der Waals surface area contributed by atoms with Crippen LogP contribution in [-0.4, -0.2) is 31.4 Å². The standard InChI is InChI=1S/C16H17NO3/c1-17(2)12-6-3-11(4-7-12)5-8-13(18)16-14(19)9-10-15(16)20/h3-8,16H,9-10H2,1-2H3/b8-5+. The maximum Gasteiger partial charge on any atom is 0.173 e. The molecule has 104 valence electrons. The molecule has 20 heavy (non-hydrogen) atoms. The van der Waals surface area contributed by atoms with Crippen molar-refractivity contribution < 1.29 is 14.4 Å². The van der Waals surface area contributed by atoms with E-state index in [0.717, 1.165) is 11.3 Å². The summed E-state index contributed by atoms with van der Waals surface area (Å²) in [4.78, 5) is 36.8. The molecule has 0 heterocycles. The second-order valence-corrected chi connectivity index (χ2v) is 5.09. The van der Waals surface area contributed by atoms with Crippen molar-refractivity contribution in [1.29, 1.82) is 0 Å². The molecule has 0 radical (unpaired) electrons. The number of anilines is 1. The van der Waals surface area contributed by atoms with Crippen LogP contribution in [0, 0.1) is 5.92 Å². The molecule has 4 heteroatoms. The fourth-order valence-corrected chi connectivity index (χ4v) is 2.19. The lowest BCUT2D eigenvalue weighted by Gasteiger charge is -2.11. The molecule has 1 saturated carbocycles. The van der Waals surface area contributed by atoms with Crippen LogP contribution < -0.4 is 4.90 Å². The SMILES string of the molecule is CN(C)c1ccc(/C=C/C(=O)C2C(=O)CCC2=O)cc1. The van der Waals surface area contributed by atoms with E-state index in [9.17, 15) is 14.4 Å². The third-order valence-corrected chi connectivity index (χ3v) is 3.40. The highest BCUT2D eigenvalue weighted by molar-refractivity contribution is 6.26. The van der Waals surface area contributed by atoms with Gasteiger partial charge in [0.15, 0.2) is 17.3 Å². The number of allylic oxidation sites excluding steroid dienone is 1. The summed E-state index contributed by atoms with van der Waals surface area (Å²) in [7, 11) is 3.90. The number of nitrogens with zero attached hydrogens (tertiary/aromatic N) is 1. The third kappa shape index (κ3) is 3.02. The summed E-state index contributed by atoms with van der Waals surface area (Å²) < 4.78 is 0. The first-order valence-corrected chi connectivity index (χ1v) is 6.54. The van der Waals surface area contributed by atoms with Crippen molar-refractivity contribution in [3.63, 3.8) is 0 Å². The summed E-state index contributed by atoms with van der Waals surface area (Å²) in [6.45, 7) is 0. The number of rotatable bonds is 4. The molecule has 0 spiro atoms. The predicted octanol–water partition coefficient (Wildman–Crippen LogP) is 1.88. The zero-order valence-electron chi connectivity index (χ0n) is 11.6. The number of Topliss-reactive ketones (excluding diaryl/α,β-unsaturated/α-hetero) is 2. The minimum Gasteiger partial charge on any atom is -0.378 e.